The van der Waals surface area contributed by atoms with Crippen LogP contribution in [0.15, 0.2) is 29.3 Å². The molecule has 0 aromatic heterocycles. The summed E-state index contributed by atoms with van der Waals surface area (Å²) in [6.45, 7) is 3.54. The summed E-state index contributed by atoms with van der Waals surface area (Å²) >= 11 is 0. The first kappa shape index (κ1) is 15.2. The number of hydrogen-bond donors (Lipinski definition) is 2. The van der Waals surface area contributed by atoms with E-state index in [-0.39, 0.29) is 30.1 Å². The minimum Gasteiger partial charge on any atom is -0.376 e. The number of ether oxygens (including phenoxy) is 1. The third-order valence-electron chi connectivity index (χ3n) is 2.78. The van der Waals surface area contributed by atoms with Crippen molar-refractivity contribution in [2.45, 2.75) is 25.9 Å². The number of nitrogens with two attached hydrogens (primary N) is 1. The van der Waals surface area contributed by atoms with Crippen LogP contribution in [-0.2, 0) is 4.74 Å². The zero-order valence-electron chi connectivity index (χ0n) is 10.6. The molecule has 2 rings (SSSR count). The molecular weight excluding hydrogens is 341 g/mol. The molecule has 100 valence electrons. The van der Waals surface area contributed by atoms with Gasteiger partial charge in [0, 0.05) is 12.3 Å². The Morgan fingerprint density at radius 2 is 2.39 bits per heavy atom. The molecule has 1 atom stereocenters. The number of anilines is 1. The summed E-state index contributed by atoms with van der Waals surface area (Å²) in [5.41, 5.74) is 7.98. The zero-order chi connectivity index (χ0) is 12.1. The van der Waals surface area contributed by atoms with Crippen molar-refractivity contribution in [1.82, 2.24) is 0 Å². The van der Waals surface area contributed by atoms with Crippen LogP contribution in [0.4, 0.5) is 5.69 Å². The average Bonchev–Trinajstić information content (AvgIpc) is 2.79. The number of aliphatic imine (C=N–C) groups is 1. The first-order valence-electron chi connectivity index (χ1n) is 5.99. The predicted octanol–water partition coefficient (Wildman–Crippen LogP) is 2.52. The van der Waals surface area contributed by atoms with E-state index >= 15 is 0 Å². The quantitative estimate of drug-likeness (QED) is 0.494. The summed E-state index contributed by atoms with van der Waals surface area (Å²) in [4.78, 5) is 4.29. The van der Waals surface area contributed by atoms with Gasteiger partial charge in [0.1, 0.15) is 0 Å². The molecule has 1 fully saturated rings. The molecule has 0 radical (unpaired) electrons. The van der Waals surface area contributed by atoms with Crippen LogP contribution in [0.1, 0.15) is 18.4 Å². The van der Waals surface area contributed by atoms with E-state index in [0.717, 1.165) is 25.1 Å². The SMILES string of the molecule is Cc1cccc(NC(N)=NCC2CCCO2)c1.I. The van der Waals surface area contributed by atoms with E-state index in [1.54, 1.807) is 0 Å². The molecular formula is C13H20IN3O. The van der Waals surface area contributed by atoms with Crippen molar-refractivity contribution in [1.29, 1.82) is 0 Å². The topological polar surface area (TPSA) is 59.6 Å². The van der Waals surface area contributed by atoms with Crippen LogP contribution >= 0.6 is 24.0 Å². The van der Waals surface area contributed by atoms with Crippen molar-refractivity contribution in [2.24, 2.45) is 10.7 Å². The molecule has 4 nitrogen and oxygen atoms in total. The third kappa shape index (κ3) is 4.81. The van der Waals surface area contributed by atoms with Gasteiger partial charge in [0.2, 0.25) is 0 Å². The number of rotatable bonds is 3. The van der Waals surface area contributed by atoms with Crippen LogP contribution in [0, 0.1) is 6.92 Å². The van der Waals surface area contributed by atoms with Crippen LogP contribution in [0.25, 0.3) is 0 Å². The van der Waals surface area contributed by atoms with Gasteiger partial charge in [-0.15, -0.1) is 24.0 Å². The largest absolute Gasteiger partial charge is 0.376 e. The van der Waals surface area contributed by atoms with Gasteiger partial charge >= 0.3 is 0 Å². The van der Waals surface area contributed by atoms with Crippen molar-refractivity contribution >= 4 is 35.6 Å². The summed E-state index contributed by atoms with van der Waals surface area (Å²) in [6, 6.07) is 8.05. The third-order valence-corrected chi connectivity index (χ3v) is 2.78. The summed E-state index contributed by atoms with van der Waals surface area (Å²) in [5.74, 6) is 0.450. The highest BCUT2D eigenvalue weighted by molar-refractivity contribution is 14.0. The molecule has 1 saturated heterocycles. The van der Waals surface area contributed by atoms with E-state index in [2.05, 4.69) is 10.3 Å². The van der Waals surface area contributed by atoms with Gasteiger partial charge in [0.15, 0.2) is 5.96 Å². The van der Waals surface area contributed by atoms with Gasteiger partial charge < -0.3 is 15.8 Å². The summed E-state index contributed by atoms with van der Waals surface area (Å²) in [5, 5.41) is 3.08. The molecule has 0 aliphatic carbocycles. The highest BCUT2D eigenvalue weighted by Gasteiger charge is 2.14. The number of aryl methyl sites for hydroxylation is 1. The van der Waals surface area contributed by atoms with Crippen molar-refractivity contribution < 1.29 is 4.74 Å². The molecule has 0 saturated carbocycles. The molecule has 18 heavy (non-hydrogen) atoms. The van der Waals surface area contributed by atoms with Gasteiger partial charge in [-0.2, -0.15) is 0 Å². The van der Waals surface area contributed by atoms with Crippen LogP contribution in [0.5, 0.6) is 0 Å². The normalized spacial score (nSPS) is 19.4. The van der Waals surface area contributed by atoms with Gasteiger partial charge in [-0.1, -0.05) is 12.1 Å². The first-order valence-corrected chi connectivity index (χ1v) is 5.99. The van der Waals surface area contributed by atoms with Gasteiger partial charge in [-0.25, -0.2) is 0 Å². The summed E-state index contributed by atoms with van der Waals surface area (Å²) < 4.78 is 5.48. The monoisotopic (exact) mass is 361 g/mol. The molecule has 3 N–H and O–H groups in total. The van der Waals surface area contributed by atoms with E-state index in [0.29, 0.717) is 12.5 Å². The summed E-state index contributed by atoms with van der Waals surface area (Å²) in [7, 11) is 0. The fourth-order valence-electron chi connectivity index (χ4n) is 1.90. The van der Waals surface area contributed by atoms with E-state index in [9.17, 15) is 0 Å². The molecule has 0 bridgehead atoms. The molecule has 1 unspecified atom stereocenters. The number of benzene rings is 1. The molecule has 1 heterocycles. The minimum absolute atomic E-state index is 0. The van der Waals surface area contributed by atoms with Crippen LogP contribution in [-0.4, -0.2) is 25.2 Å². The molecule has 0 spiro atoms. The fraction of sp³-hybridized carbons (Fsp3) is 0.462. The minimum atomic E-state index is 0. The molecule has 1 aromatic carbocycles. The fourth-order valence-corrected chi connectivity index (χ4v) is 1.90. The second-order valence-electron chi connectivity index (χ2n) is 4.36. The predicted molar refractivity (Wildman–Crippen MR) is 85.7 cm³/mol. The molecule has 1 aliphatic heterocycles. The van der Waals surface area contributed by atoms with E-state index in [1.807, 2.05) is 31.2 Å². The Morgan fingerprint density at radius 3 is 3.06 bits per heavy atom. The molecule has 5 heteroatoms. The number of guanidine groups is 1. The van der Waals surface area contributed by atoms with Gasteiger partial charge in [-0.3, -0.25) is 4.99 Å². The maximum Gasteiger partial charge on any atom is 0.193 e. The number of nitrogens with zero attached hydrogens (tertiary/aromatic N) is 1. The lowest BCUT2D eigenvalue weighted by atomic mass is 10.2. The van der Waals surface area contributed by atoms with Crippen molar-refractivity contribution in [2.75, 3.05) is 18.5 Å². The Balaban J connectivity index is 0.00000162. The van der Waals surface area contributed by atoms with Crippen LogP contribution in [0.3, 0.4) is 0 Å². The highest BCUT2D eigenvalue weighted by atomic mass is 127. The Hall–Kier alpha value is -0.820. The maximum atomic E-state index is 5.82. The summed E-state index contributed by atoms with van der Waals surface area (Å²) in [6.07, 6.45) is 2.46. The molecule has 0 amide bonds. The van der Waals surface area contributed by atoms with E-state index < -0.39 is 0 Å². The number of halogens is 1. The lowest BCUT2D eigenvalue weighted by Gasteiger charge is -2.08. The number of hydrogen-bond acceptors (Lipinski definition) is 2. The Labute approximate surface area is 125 Å². The lowest BCUT2D eigenvalue weighted by Crippen LogP contribution is -2.24. The maximum absolute atomic E-state index is 5.82. The van der Waals surface area contributed by atoms with Gasteiger partial charge in [0.25, 0.3) is 0 Å². The molecule has 1 aromatic rings. The van der Waals surface area contributed by atoms with E-state index in [4.69, 9.17) is 10.5 Å². The Kier molecular flexibility index (Phi) is 6.42. The Morgan fingerprint density at radius 1 is 1.56 bits per heavy atom. The van der Waals surface area contributed by atoms with Gasteiger partial charge in [-0.05, 0) is 37.5 Å². The standard InChI is InChI=1S/C13H19N3O.HI/c1-10-4-2-5-11(8-10)16-13(14)15-9-12-6-3-7-17-12;/h2,4-5,8,12H,3,6-7,9H2,1H3,(H3,14,15,16);1H. The van der Waals surface area contributed by atoms with Gasteiger partial charge in [0.05, 0.1) is 12.6 Å². The molecule has 1 aliphatic rings. The zero-order valence-corrected chi connectivity index (χ0v) is 12.9. The smallest absolute Gasteiger partial charge is 0.193 e. The van der Waals surface area contributed by atoms with Crippen LogP contribution in [0.2, 0.25) is 0 Å². The second kappa shape index (κ2) is 7.58. The first-order chi connectivity index (χ1) is 8.24. The average molecular weight is 361 g/mol. The van der Waals surface area contributed by atoms with Crippen LogP contribution < -0.4 is 11.1 Å². The number of nitrogens with one attached hydrogen (secondary N) is 1. The highest BCUT2D eigenvalue weighted by Crippen LogP contribution is 2.12. The Bertz CT molecular complexity index is 403. The lowest BCUT2D eigenvalue weighted by molar-refractivity contribution is 0.118. The van der Waals surface area contributed by atoms with Crippen molar-refractivity contribution in [3.05, 3.63) is 29.8 Å². The second-order valence-corrected chi connectivity index (χ2v) is 4.36. The van der Waals surface area contributed by atoms with Crippen molar-refractivity contribution in [3.8, 4) is 0 Å². The van der Waals surface area contributed by atoms with E-state index in [1.165, 1.54) is 5.56 Å². The van der Waals surface area contributed by atoms with Crippen molar-refractivity contribution in [3.63, 3.8) is 0 Å².